The summed E-state index contributed by atoms with van der Waals surface area (Å²) in [6, 6.07) is 21.8. The molecule has 27 heavy (non-hydrogen) atoms. The number of thioether (sulfide) groups is 1. The highest BCUT2D eigenvalue weighted by atomic mass is 32.2. The van der Waals surface area contributed by atoms with Crippen molar-refractivity contribution in [3.05, 3.63) is 88.9 Å². The van der Waals surface area contributed by atoms with Crippen LogP contribution in [0.3, 0.4) is 0 Å². The molecule has 2 aromatic carbocycles. The SMILES string of the molecule is O=C(CSc1ncnc2ccccc12)N[C@H](c1ccccc1)c1cccs1. The highest BCUT2D eigenvalue weighted by Gasteiger charge is 2.18. The maximum atomic E-state index is 12.7. The Morgan fingerprint density at radius 3 is 2.63 bits per heavy atom. The van der Waals surface area contributed by atoms with Gasteiger partial charge in [-0.3, -0.25) is 4.79 Å². The van der Waals surface area contributed by atoms with Gasteiger partial charge in [-0.2, -0.15) is 0 Å². The first kappa shape index (κ1) is 17.7. The summed E-state index contributed by atoms with van der Waals surface area (Å²) in [6.07, 6.45) is 1.54. The van der Waals surface area contributed by atoms with Gasteiger partial charge in [0.2, 0.25) is 5.91 Å². The highest BCUT2D eigenvalue weighted by Crippen LogP contribution is 2.27. The molecule has 0 fully saturated rings. The van der Waals surface area contributed by atoms with Crippen LogP contribution in [0.2, 0.25) is 0 Å². The van der Waals surface area contributed by atoms with Crippen LogP contribution in [0.1, 0.15) is 16.5 Å². The Bertz CT molecular complexity index is 1030. The molecular weight excluding hydrogens is 374 g/mol. The van der Waals surface area contributed by atoms with Crippen LogP contribution in [0.15, 0.2) is 83.5 Å². The lowest BCUT2D eigenvalue weighted by Crippen LogP contribution is -2.30. The van der Waals surface area contributed by atoms with Crippen LogP contribution in [0.4, 0.5) is 0 Å². The molecule has 134 valence electrons. The number of para-hydroxylation sites is 1. The number of fused-ring (bicyclic) bond motifs is 1. The molecule has 2 aromatic heterocycles. The molecular formula is C21H17N3OS2. The van der Waals surface area contributed by atoms with E-state index in [2.05, 4.69) is 15.3 Å². The number of hydrogen-bond donors (Lipinski definition) is 1. The first-order valence-corrected chi connectivity index (χ1v) is 10.4. The van der Waals surface area contributed by atoms with Crippen LogP contribution in [-0.2, 0) is 4.79 Å². The van der Waals surface area contributed by atoms with E-state index in [1.165, 1.54) is 11.8 Å². The van der Waals surface area contributed by atoms with Crippen molar-refractivity contribution in [2.45, 2.75) is 11.1 Å². The molecule has 0 unspecified atom stereocenters. The second-order valence-electron chi connectivity index (χ2n) is 5.91. The summed E-state index contributed by atoms with van der Waals surface area (Å²) >= 11 is 3.07. The van der Waals surface area contributed by atoms with Gasteiger partial charge in [0.25, 0.3) is 0 Å². The van der Waals surface area contributed by atoms with E-state index in [1.54, 1.807) is 17.7 Å². The maximum absolute atomic E-state index is 12.7. The molecule has 0 radical (unpaired) electrons. The Morgan fingerprint density at radius 1 is 1.00 bits per heavy atom. The molecule has 6 heteroatoms. The van der Waals surface area contributed by atoms with Gasteiger partial charge < -0.3 is 5.32 Å². The van der Waals surface area contributed by atoms with E-state index >= 15 is 0 Å². The van der Waals surface area contributed by atoms with E-state index in [1.807, 2.05) is 72.1 Å². The van der Waals surface area contributed by atoms with E-state index in [-0.39, 0.29) is 11.9 Å². The van der Waals surface area contributed by atoms with Crippen molar-refractivity contribution >= 4 is 39.9 Å². The second kappa shape index (κ2) is 8.33. The summed E-state index contributed by atoms with van der Waals surface area (Å²) in [5.41, 5.74) is 1.96. The Kier molecular flexibility index (Phi) is 5.46. The van der Waals surface area contributed by atoms with Crippen molar-refractivity contribution in [1.29, 1.82) is 0 Å². The van der Waals surface area contributed by atoms with Gasteiger partial charge in [-0.1, -0.05) is 66.4 Å². The Labute approximate surface area is 165 Å². The topological polar surface area (TPSA) is 54.9 Å². The fourth-order valence-electron chi connectivity index (χ4n) is 2.85. The normalized spacial score (nSPS) is 12.0. The summed E-state index contributed by atoms with van der Waals surface area (Å²) in [5.74, 6) is 0.278. The highest BCUT2D eigenvalue weighted by molar-refractivity contribution is 8.00. The molecule has 4 rings (SSSR count). The third-order valence-electron chi connectivity index (χ3n) is 4.11. The minimum Gasteiger partial charge on any atom is -0.344 e. The van der Waals surface area contributed by atoms with Crippen molar-refractivity contribution in [2.24, 2.45) is 0 Å². The molecule has 2 heterocycles. The summed E-state index contributed by atoms with van der Waals surface area (Å²) in [5, 5.41) is 6.98. The van der Waals surface area contributed by atoms with Crippen LogP contribution < -0.4 is 5.32 Å². The molecule has 0 saturated heterocycles. The van der Waals surface area contributed by atoms with Crippen molar-refractivity contribution in [1.82, 2.24) is 15.3 Å². The van der Waals surface area contributed by atoms with Crippen LogP contribution in [0.25, 0.3) is 10.9 Å². The molecule has 0 aliphatic rings. The predicted molar refractivity (Wildman–Crippen MR) is 111 cm³/mol. The third-order valence-corrected chi connectivity index (χ3v) is 6.05. The van der Waals surface area contributed by atoms with Gasteiger partial charge in [0.15, 0.2) is 0 Å². The summed E-state index contributed by atoms with van der Waals surface area (Å²) in [6.45, 7) is 0. The average molecular weight is 392 g/mol. The lowest BCUT2D eigenvalue weighted by atomic mass is 10.1. The molecule has 4 nitrogen and oxygen atoms in total. The van der Waals surface area contributed by atoms with Crippen molar-refractivity contribution in [3.63, 3.8) is 0 Å². The van der Waals surface area contributed by atoms with Crippen LogP contribution in [-0.4, -0.2) is 21.6 Å². The van der Waals surface area contributed by atoms with Crippen molar-refractivity contribution in [3.8, 4) is 0 Å². The summed E-state index contributed by atoms with van der Waals surface area (Å²) in [4.78, 5) is 22.4. The molecule has 1 amide bonds. The minimum atomic E-state index is -0.138. The van der Waals surface area contributed by atoms with E-state index in [0.29, 0.717) is 5.75 Å². The summed E-state index contributed by atoms with van der Waals surface area (Å²) < 4.78 is 0. The molecule has 0 saturated carbocycles. The van der Waals surface area contributed by atoms with Gasteiger partial charge in [-0.15, -0.1) is 11.3 Å². The van der Waals surface area contributed by atoms with Crippen molar-refractivity contribution in [2.75, 3.05) is 5.75 Å². The van der Waals surface area contributed by atoms with E-state index in [9.17, 15) is 4.79 Å². The number of nitrogens with one attached hydrogen (secondary N) is 1. The van der Waals surface area contributed by atoms with Crippen LogP contribution in [0.5, 0.6) is 0 Å². The maximum Gasteiger partial charge on any atom is 0.231 e. The monoisotopic (exact) mass is 391 g/mol. The third kappa shape index (κ3) is 4.18. The van der Waals surface area contributed by atoms with Gasteiger partial charge in [0, 0.05) is 10.3 Å². The van der Waals surface area contributed by atoms with Gasteiger partial charge in [0.05, 0.1) is 17.3 Å². The molecule has 0 aliphatic heterocycles. The molecule has 0 aliphatic carbocycles. The van der Waals surface area contributed by atoms with Gasteiger partial charge in [-0.05, 0) is 23.1 Å². The number of hydrogen-bond acceptors (Lipinski definition) is 5. The molecule has 4 aromatic rings. The van der Waals surface area contributed by atoms with E-state index < -0.39 is 0 Å². The minimum absolute atomic E-state index is 0.0232. The number of amides is 1. The number of rotatable bonds is 6. The second-order valence-corrected chi connectivity index (χ2v) is 7.85. The predicted octanol–water partition coefficient (Wildman–Crippen LogP) is 4.69. The zero-order chi connectivity index (χ0) is 18.5. The van der Waals surface area contributed by atoms with Gasteiger partial charge in [-0.25, -0.2) is 9.97 Å². The zero-order valence-electron chi connectivity index (χ0n) is 14.4. The lowest BCUT2D eigenvalue weighted by Gasteiger charge is -2.18. The Hall–Kier alpha value is -2.70. The van der Waals surface area contributed by atoms with E-state index in [4.69, 9.17) is 0 Å². The Balaban J connectivity index is 1.49. The number of thiophene rings is 1. The van der Waals surface area contributed by atoms with E-state index in [0.717, 1.165) is 26.4 Å². The standard InChI is InChI=1S/C21H17N3OS2/c25-19(13-27-21-16-9-4-5-10-17(16)22-14-23-21)24-20(18-11-6-12-26-18)15-7-2-1-3-8-15/h1-12,14,20H,13H2,(H,24,25)/t20-/m1/s1. The Morgan fingerprint density at radius 2 is 1.81 bits per heavy atom. The first-order valence-electron chi connectivity index (χ1n) is 8.51. The van der Waals surface area contributed by atoms with Crippen LogP contribution >= 0.6 is 23.1 Å². The molecule has 0 bridgehead atoms. The smallest absolute Gasteiger partial charge is 0.231 e. The number of nitrogens with zero attached hydrogens (tertiary/aromatic N) is 2. The molecule has 1 atom stereocenters. The first-order chi connectivity index (χ1) is 13.3. The molecule has 0 spiro atoms. The molecule has 1 N–H and O–H groups in total. The van der Waals surface area contributed by atoms with Gasteiger partial charge >= 0.3 is 0 Å². The fraction of sp³-hybridized carbons (Fsp3) is 0.0952. The largest absolute Gasteiger partial charge is 0.344 e. The van der Waals surface area contributed by atoms with Gasteiger partial charge in [0.1, 0.15) is 11.4 Å². The summed E-state index contributed by atoms with van der Waals surface area (Å²) in [7, 11) is 0. The number of carbonyl (C=O) groups is 1. The van der Waals surface area contributed by atoms with Crippen LogP contribution in [0, 0.1) is 0 Å². The zero-order valence-corrected chi connectivity index (χ0v) is 16.0. The number of aromatic nitrogens is 2. The lowest BCUT2D eigenvalue weighted by molar-refractivity contribution is -0.119. The average Bonchev–Trinajstić information content (AvgIpc) is 3.25. The fourth-order valence-corrected chi connectivity index (χ4v) is 4.45. The van der Waals surface area contributed by atoms with Crippen molar-refractivity contribution < 1.29 is 4.79 Å². The quantitative estimate of drug-likeness (QED) is 0.383. The number of carbonyl (C=O) groups excluding carboxylic acids is 1. The number of benzene rings is 2.